The zero-order valence-electron chi connectivity index (χ0n) is 23.1. The summed E-state index contributed by atoms with van der Waals surface area (Å²) in [4.78, 5) is 13.7. The van der Waals surface area contributed by atoms with Crippen LogP contribution in [0.25, 0.3) is 11.1 Å². The fourth-order valence-electron chi connectivity index (χ4n) is 4.94. The minimum Gasteiger partial charge on any atom is -0.497 e. The number of benzene rings is 3. The highest BCUT2D eigenvalue weighted by molar-refractivity contribution is 7.89. The van der Waals surface area contributed by atoms with Crippen LogP contribution in [0, 0.1) is 5.92 Å². The van der Waals surface area contributed by atoms with E-state index in [9.17, 15) is 23.4 Å². The molecule has 4 rings (SSSR count). The molecule has 0 radical (unpaired) electrons. The van der Waals surface area contributed by atoms with Crippen molar-refractivity contribution in [1.82, 2.24) is 9.21 Å². The van der Waals surface area contributed by atoms with Crippen molar-refractivity contribution in [2.75, 3.05) is 33.9 Å². The van der Waals surface area contributed by atoms with Crippen molar-refractivity contribution in [3.63, 3.8) is 0 Å². The highest BCUT2D eigenvalue weighted by atomic mass is 32.2. The molecule has 3 atom stereocenters. The SMILES string of the molecule is COc1ccc(-c2ccc3c(c2)O[C@H](CN(C)Cc2ccccc2C(=O)O)[C@H](C)CN([C@H](C)CO)S3(=O)=O)cc1. The first kappa shape index (κ1) is 29.5. The monoisotopic (exact) mass is 568 g/mol. The molecule has 9 nitrogen and oxygen atoms in total. The molecule has 1 heterocycles. The lowest BCUT2D eigenvalue weighted by molar-refractivity contribution is 0.0686. The highest BCUT2D eigenvalue weighted by Crippen LogP contribution is 2.37. The van der Waals surface area contributed by atoms with Crippen LogP contribution in [0.15, 0.2) is 71.6 Å². The highest BCUT2D eigenvalue weighted by Gasteiger charge is 2.38. The number of carboxylic acid groups (broad SMARTS) is 1. The van der Waals surface area contributed by atoms with Gasteiger partial charge in [0.25, 0.3) is 0 Å². The minimum atomic E-state index is -3.96. The molecule has 1 aliphatic rings. The molecule has 10 heteroatoms. The number of carboxylic acids is 1. The first-order chi connectivity index (χ1) is 19.0. The number of ether oxygens (including phenoxy) is 2. The number of aromatic carboxylic acids is 1. The summed E-state index contributed by atoms with van der Waals surface area (Å²) >= 11 is 0. The van der Waals surface area contributed by atoms with Crippen LogP contribution in [-0.2, 0) is 16.6 Å². The van der Waals surface area contributed by atoms with Crippen LogP contribution in [0.3, 0.4) is 0 Å². The maximum absolute atomic E-state index is 13.8. The van der Waals surface area contributed by atoms with Gasteiger partial charge in [0.05, 0.1) is 19.3 Å². The largest absolute Gasteiger partial charge is 0.497 e. The van der Waals surface area contributed by atoms with E-state index in [1.54, 1.807) is 56.5 Å². The normalized spacial score (nSPS) is 19.6. The zero-order valence-corrected chi connectivity index (χ0v) is 24.0. The summed E-state index contributed by atoms with van der Waals surface area (Å²) in [6.07, 6.45) is -0.421. The predicted octanol–water partition coefficient (Wildman–Crippen LogP) is 3.96. The molecule has 0 unspecified atom stereocenters. The van der Waals surface area contributed by atoms with Crippen molar-refractivity contribution < 1.29 is 32.9 Å². The van der Waals surface area contributed by atoms with Gasteiger partial charge in [-0.15, -0.1) is 0 Å². The second-order valence-corrected chi connectivity index (χ2v) is 12.1. The number of hydrogen-bond donors (Lipinski definition) is 2. The Kier molecular flexibility index (Phi) is 9.15. The van der Waals surface area contributed by atoms with E-state index in [1.807, 2.05) is 43.1 Å². The number of fused-ring (bicyclic) bond motifs is 1. The Hall–Kier alpha value is -3.44. The molecular formula is C30H36N2O7S. The smallest absolute Gasteiger partial charge is 0.336 e. The Balaban J connectivity index is 1.71. The van der Waals surface area contributed by atoms with Gasteiger partial charge in [-0.05, 0) is 61.0 Å². The van der Waals surface area contributed by atoms with Gasteiger partial charge in [0.1, 0.15) is 22.5 Å². The van der Waals surface area contributed by atoms with Crippen LogP contribution in [-0.4, -0.2) is 79.8 Å². The Morgan fingerprint density at radius 2 is 1.80 bits per heavy atom. The quantitative estimate of drug-likeness (QED) is 0.399. The van der Waals surface area contributed by atoms with Gasteiger partial charge in [0.2, 0.25) is 10.0 Å². The van der Waals surface area contributed by atoms with E-state index >= 15 is 0 Å². The molecule has 0 aromatic heterocycles. The number of sulfonamides is 1. The average molecular weight is 569 g/mol. The number of nitrogens with zero attached hydrogens (tertiary/aromatic N) is 2. The maximum atomic E-state index is 13.8. The van der Waals surface area contributed by atoms with Gasteiger partial charge in [-0.25, -0.2) is 13.2 Å². The first-order valence-corrected chi connectivity index (χ1v) is 14.6. The topological polar surface area (TPSA) is 117 Å². The molecule has 0 saturated carbocycles. The van der Waals surface area contributed by atoms with Gasteiger partial charge in [0, 0.05) is 31.6 Å². The molecule has 0 spiro atoms. The molecule has 40 heavy (non-hydrogen) atoms. The lowest BCUT2D eigenvalue weighted by atomic mass is 10.0. The predicted molar refractivity (Wildman–Crippen MR) is 152 cm³/mol. The summed E-state index contributed by atoms with van der Waals surface area (Å²) in [5.41, 5.74) is 2.58. The van der Waals surface area contributed by atoms with E-state index in [2.05, 4.69) is 0 Å². The Morgan fingerprint density at radius 1 is 1.12 bits per heavy atom. The molecule has 1 aliphatic heterocycles. The zero-order chi connectivity index (χ0) is 29.0. The van der Waals surface area contributed by atoms with Crippen LogP contribution in [0.2, 0.25) is 0 Å². The van der Waals surface area contributed by atoms with Crippen molar-refractivity contribution in [1.29, 1.82) is 0 Å². The van der Waals surface area contributed by atoms with Gasteiger partial charge in [-0.3, -0.25) is 4.90 Å². The molecular weight excluding hydrogens is 532 g/mol. The molecule has 3 aromatic rings. The summed E-state index contributed by atoms with van der Waals surface area (Å²) in [5, 5.41) is 19.5. The van der Waals surface area contributed by atoms with E-state index < -0.39 is 28.1 Å². The molecule has 214 valence electrons. The van der Waals surface area contributed by atoms with E-state index in [1.165, 1.54) is 4.31 Å². The van der Waals surface area contributed by atoms with Crippen molar-refractivity contribution in [3.8, 4) is 22.6 Å². The molecule has 0 amide bonds. The first-order valence-electron chi connectivity index (χ1n) is 13.1. The third-order valence-electron chi connectivity index (χ3n) is 7.27. The van der Waals surface area contributed by atoms with Crippen LogP contribution in [0.5, 0.6) is 11.5 Å². The Labute approximate surface area is 235 Å². The third-order valence-corrected chi connectivity index (χ3v) is 9.29. The number of aliphatic hydroxyl groups excluding tert-OH is 1. The summed E-state index contributed by atoms with van der Waals surface area (Å²) in [5.74, 6) is -0.277. The second kappa shape index (κ2) is 12.4. The molecule has 0 bridgehead atoms. The second-order valence-electron chi connectivity index (χ2n) is 10.3. The van der Waals surface area contributed by atoms with E-state index in [0.717, 1.165) is 11.1 Å². The van der Waals surface area contributed by atoms with Gasteiger partial charge >= 0.3 is 5.97 Å². The summed E-state index contributed by atoms with van der Waals surface area (Å²) in [6, 6.07) is 18.7. The number of carbonyl (C=O) groups is 1. The van der Waals surface area contributed by atoms with Crippen molar-refractivity contribution in [2.45, 2.75) is 37.4 Å². The van der Waals surface area contributed by atoms with Gasteiger partial charge in [-0.1, -0.05) is 43.3 Å². The molecule has 0 fully saturated rings. The molecule has 2 N–H and O–H groups in total. The van der Waals surface area contributed by atoms with Gasteiger partial charge in [-0.2, -0.15) is 4.31 Å². The third kappa shape index (κ3) is 6.31. The van der Waals surface area contributed by atoms with Crippen LogP contribution >= 0.6 is 0 Å². The lowest BCUT2D eigenvalue weighted by Crippen LogP contribution is -2.49. The molecule has 3 aromatic carbocycles. The van der Waals surface area contributed by atoms with Gasteiger partial charge in [0.15, 0.2) is 0 Å². The number of methoxy groups -OCH3 is 1. The minimum absolute atomic E-state index is 0.0424. The summed E-state index contributed by atoms with van der Waals surface area (Å²) in [7, 11) is -0.487. The lowest BCUT2D eigenvalue weighted by Gasteiger charge is -2.37. The number of rotatable bonds is 9. The molecule has 0 saturated heterocycles. The van der Waals surface area contributed by atoms with Crippen LogP contribution in [0.1, 0.15) is 29.8 Å². The van der Waals surface area contributed by atoms with Crippen LogP contribution in [0.4, 0.5) is 0 Å². The van der Waals surface area contributed by atoms with Crippen molar-refractivity contribution in [3.05, 3.63) is 77.9 Å². The average Bonchev–Trinajstić information content (AvgIpc) is 2.94. The summed E-state index contributed by atoms with van der Waals surface area (Å²) < 4.78 is 40.6. The van der Waals surface area contributed by atoms with Crippen molar-refractivity contribution >= 4 is 16.0 Å². The van der Waals surface area contributed by atoms with Gasteiger partial charge < -0.3 is 19.7 Å². The maximum Gasteiger partial charge on any atom is 0.336 e. The number of hydrogen-bond acceptors (Lipinski definition) is 7. The fourth-order valence-corrected chi connectivity index (χ4v) is 6.76. The van der Waals surface area contributed by atoms with E-state index in [0.29, 0.717) is 24.4 Å². The Morgan fingerprint density at radius 3 is 2.45 bits per heavy atom. The Bertz CT molecular complexity index is 1440. The number of likely N-dealkylation sites (N-methyl/N-ethyl adjacent to an activating group) is 1. The standard InChI is InChI=1S/C30H36N2O7S/c1-20-16-32(21(2)19-33)40(36,37)29-14-11-23(22-9-12-25(38-4)13-10-22)15-27(29)39-28(20)18-31(3)17-24-7-5-6-8-26(24)30(34)35/h5-15,20-21,28,33H,16-19H2,1-4H3,(H,34,35)/t20-,21-,28-/m1/s1. The van der Waals surface area contributed by atoms with Crippen LogP contribution < -0.4 is 9.47 Å². The number of aliphatic hydroxyl groups is 1. The fraction of sp³-hybridized carbons (Fsp3) is 0.367. The van der Waals surface area contributed by atoms with E-state index in [-0.39, 0.29) is 35.3 Å². The summed E-state index contributed by atoms with van der Waals surface area (Å²) in [6.45, 7) is 4.25. The van der Waals surface area contributed by atoms with E-state index in [4.69, 9.17) is 9.47 Å². The molecule has 0 aliphatic carbocycles. The van der Waals surface area contributed by atoms with Crippen molar-refractivity contribution in [2.24, 2.45) is 5.92 Å².